The second-order valence-corrected chi connectivity index (χ2v) is 12.3. The van der Waals surface area contributed by atoms with Gasteiger partial charge in [-0.25, -0.2) is 13.4 Å². The fourth-order valence-corrected chi connectivity index (χ4v) is 7.13. The molecule has 0 N–H and O–H groups in total. The van der Waals surface area contributed by atoms with E-state index in [2.05, 4.69) is 9.88 Å². The maximum Gasteiger partial charge on any atom is 0.243 e. The summed E-state index contributed by atoms with van der Waals surface area (Å²) in [4.78, 5) is 6.74. The van der Waals surface area contributed by atoms with Crippen molar-refractivity contribution in [2.45, 2.75) is 30.3 Å². The van der Waals surface area contributed by atoms with E-state index in [1.807, 2.05) is 108 Å². The van der Waals surface area contributed by atoms with Crippen LogP contribution in [-0.4, -0.2) is 48.0 Å². The first-order valence-electron chi connectivity index (χ1n) is 14.3. The molecule has 1 aliphatic rings. The van der Waals surface area contributed by atoms with Crippen molar-refractivity contribution in [3.05, 3.63) is 128 Å². The lowest BCUT2D eigenvalue weighted by atomic mass is 10.1. The van der Waals surface area contributed by atoms with Crippen LogP contribution in [0.15, 0.2) is 133 Å². The van der Waals surface area contributed by atoms with Crippen LogP contribution in [-0.2, 0) is 16.6 Å². The molecule has 2 heterocycles. The molecule has 4 aromatic carbocycles. The van der Waals surface area contributed by atoms with Crippen molar-refractivity contribution in [3.63, 3.8) is 0 Å². The normalized spacial score (nSPS) is 15.9. The number of benzene rings is 4. The first kappa shape index (κ1) is 27.8. The van der Waals surface area contributed by atoms with Gasteiger partial charge in [-0.3, -0.25) is 0 Å². The monoisotopic (exact) mass is 578 g/mol. The SMILES string of the molecule is O=S(=O)(c1ccc(-c2ccccc2)cc1)N1CCN(c2ccc(Oc3ccccc3)cc2)CC1CCCn1ccnc1. The number of aryl methyl sites for hydroxylation is 1. The molecule has 1 saturated heterocycles. The number of rotatable bonds is 10. The predicted octanol–water partition coefficient (Wildman–Crippen LogP) is 6.70. The Labute approximate surface area is 247 Å². The second kappa shape index (κ2) is 12.6. The highest BCUT2D eigenvalue weighted by molar-refractivity contribution is 7.89. The van der Waals surface area contributed by atoms with E-state index < -0.39 is 10.0 Å². The topological polar surface area (TPSA) is 67.7 Å². The molecular weight excluding hydrogens is 544 g/mol. The van der Waals surface area contributed by atoms with Crippen LogP contribution in [0.1, 0.15) is 12.8 Å². The van der Waals surface area contributed by atoms with Crippen LogP contribution >= 0.6 is 0 Å². The summed E-state index contributed by atoms with van der Waals surface area (Å²) in [5.41, 5.74) is 3.11. The lowest BCUT2D eigenvalue weighted by molar-refractivity contribution is 0.269. The van der Waals surface area contributed by atoms with E-state index in [-0.39, 0.29) is 6.04 Å². The molecule has 214 valence electrons. The standard InChI is InChI=1S/C34H34N4O3S/c39-42(40,34-19-13-29(14-20-34)28-8-3-1-4-9-28)38-25-24-37(26-31(38)10-7-22-36-23-21-35-27-36)30-15-17-33(18-16-30)41-32-11-5-2-6-12-32/h1-6,8-9,11-21,23,27,31H,7,10,22,24-26H2. The lowest BCUT2D eigenvalue weighted by Gasteiger charge is -2.41. The van der Waals surface area contributed by atoms with Gasteiger partial charge in [-0.15, -0.1) is 0 Å². The molecule has 0 bridgehead atoms. The van der Waals surface area contributed by atoms with Crippen molar-refractivity contribution in [2.75, 3.05) is 24.5 Å². The quantitative estimate of drug-likeness (QED) is 0.184. The smallest absolute Gasteiger partial charge is 0.243 e. The Balaban J connectivity index is 1.19. The molecule has 7 nitrogen and oxygen atoms in total. The Kier molecular flexibility index (Phi) is 8.35. The first-order valence-corrected chi connectivity index (χ1v) is 15.7. The van der Waals surface area contributed by atoms with Crippen molar-refractivity contribution in [1.29, 1.82) is 0 Å². The van der Waals surface area contributed by atoms with Crippen LogP contribution in [0.5, 0.6) is 11.5 Å². The molecule has 1 atom stereocenters. The summed E-state index contributed by atoms with van der Waals surface area (Å²) in [5.74, 6) is 1.56. The first-order chi connectivity index (χ1) is 20.6. The number of piperazine rings is 1. The van der Waals surface area contributed by atoms with E-state index in [0.29, 0.717) is 24.5 Å². The molecule has 42 heavy (non-hydrogen) atoms. The zero-order valence-electron chi connectivity index (χ0n) is 23.4. The Morgan fingerprint density at radius 1 is 0.762 bits per heavy atom. The van der Waals surface area contributed by atoms with Gasteiger partial charge in [0.25, 0.3) is 0 Å². The van der Waals surface area contributed by atoms with E-state index in [1.54, 1.807) is 29.0 Å². The van der Waals surface area contributed by atoms with Crippen molar-refractivity contribution >= 4 is 15.7 Å². The molecule has 1 aliphatic heterocycles. The van der Waals surface area contributed by atoms with Crippen LogP contribution in [0, 0.1) is 0 Å². The molecule has 6 rings (SSSR count). The van der Waals surface area contributed by atoms with Crippen LogP contribution < -0.4 is 9.64 Å². The van der Waals surface area contributed by atoms with Crippen molar-refractivity contribution in [3.8, 4) is 22.6 Å². The maximum absolute atomic E-state index is 14.0. The van der Waals surface area contributed by atoms with Gasteiger partial charge >= 0.3 is 0 Å². The zero-order valence-corrected chi connectivity index (χ0v) is 24.2. The molecule has 0 saturated carbocycles. The average Bonchev–Trinajstić information content (AvgIpc) is 3.56. The van der Waals surface area contributed by atoms with Crippen LogP contribution in [0.25, 0.3) is 11.1 Å². The minimum atomic E-state index is -3.67. The number of ether oxygens (including phenoxy) is 1. The number of aromatic nitrogens is 2. The molecule has 5 aromatic rings. The van der Waals surface area contributed by atoms with Gasteiger partial charge in [-0.2, -0.15) is 4.31 Å². The van der Waals surface area contributed by atoms with E-state index in [0.717, 1.165) is 47.7 Å². The van der Waals surface area contributed by atoms with E-state index >= 15 is 0 Å². The number of hydrogen-bond donors (Lipinski definition) is 0. The molecule has 0 aliphatic carbocycles. The summed E-state index contributed by atoms with van der Waals surface area (Å²) in [6.45, 7) is 2.44. The van der Waals surface area contributed by atoms with Gasteiger partial charge in [-0.1, -0.05) is 60.7 Å². The van der Waals surface area contributed by atoms with E-state index in [4.69, 9.17) is 4.74 Å². The largest absolute Gasteiger partial charge is 0.457 e. The summed E-state index contributed by atoms with van der Waals surface area (Å²) in [6, 6.07) is 34.8. The van der Waals surface area contributed by atoms with Crippen LogP contribution in [0.2, 0.25) is 0 Å². The summed E-state index contributed by atoms with van der Waals surface area (Å²) in [6.07, 6.45) is 7.09. The van der Waals surface area contributed by atoms with Gasteiger partial charge in [0.05, 0.1) is 11.2 Å². The molecule has 0 spiro atoms. The second-order valence-electron chi connectivity index (χ2n) is 10.5. The molecule has 1 fully saturated rings. The summed E-state index contributed by atoms with van der Waals surface area (Å²) < 4.78 is 37.7. The van der Waals surface area contributed by atoms with Crippen molar-refractivity contribution < 1.29 is 13.2 Å². The highest BCUT2D eigenvalue weighted by atomic mass is 32.2. The highest BCUT2D eigenvalue weighted by Gasteiger charge is 2.36. The molecule has 8 heteroatoms. The van der Waals surface area contributed by atoms with Gasteiger partial charge in [-0.05, 0) is 72.5 Å². The number of para-hydroxylation sites is 1. The number of anilines is 1. The van der Waals surface area contributed by atoms with Gasteiger partial charge < -0.3 is 14.2 Å². The molecule has 1 aromatic heterocycles. The molecule has 0 radical (unpaired) electrons. The Hall–Kier alpha value is -4.40. The number of hydrogen-bond acceptors (Lipinski definition) is 5. The van der Waals surface area contributed by atoms with Gasteiger partial charge in [0.15, 0.2) is 0 Å². The van der Waals surface area contributed by atoms with E-state index in [9.17, 15) is 8.42 Å². The summed E-state index contributed by atoms with van der Waals surface area (Å²) >= 11 is 0. The minimum Gasteiger partial charge on any atom is -0.457 e. The third-order valence-electron chi connectivity index (χ3n) is 7.69. The molecule has 1 unspecified atom stereocenters. The minimum absolute atomic E-state index is 0.165. The lowest BCUT2D eigenvalue weighted by Crippen LogP contribution is -2.55. The number of imidazole rings is 1. The van der Waals surface area contributed by atoms with Gasteiger partial charge in [0.1, 0.15) is 11.5 Å². The predicted molar refractivity (Wildman–Crippen MR) is 166 cm³/mol. The van der Waals surface area contributed by atoms with Gasteiger partial charge in [0, 0.05) is 50.3 Å². The number of nitrogens with zero attached hydrogens (tertiary/aromatic N) is 4. The third kappa shape index (κ3) is 6.40. The Bertz CT molecular complexity index is 1660. The Morgan fingerprint density at radius 2 is 1.43 bits per heavy atom. The fourth-order valence-electron chi connectivity index (χ4n) is 5.49. The molecule has 0 amide bonds. The summed E-state index contributed by atoms with van der Waals surface area (Å²) in [7, 11) is -3.67. The maximum atomic E-state index is 14.0. The Morgan fingerprint density at radius 3 is 2.12 bits per heavy atom. The fraction of sp³-hybridized carbons (Fsp3) is 0.206. The van der Waals surface area contributed by atoms with E-state index in [1.165, 1.54) is 0 Å². The van der Waals surface area contributed by atoms with Crippen molar-refractivity contribution in [1.82, 2.24) is 13.9 Å². The molecular formula is C34H34N4O3S. The third-order valence-corrected chi connectivity index (χ3v) is 9.66. The number of sulfonamides is 1. The zero-order chi connectivity index (χ0) is 28.8. The van der Waals surface area contributed by atoms with Crippen molar-refractivity contribution in [2.24, 2.45) is 0 Å². The van der Waals surface area contributed by atoms with Crippen LogP contribution in [0.3, 0.4) is 0 Å². The van der Waals surface area contributed by atoms with Gasteiger partial charge in [0.2, 0.25) is 10.0 Å². The summed E-state index contributed by atoms with van der Waals surface area (Å²) in [5, 5.41) is 0. The highest BCUT2D eigenvalue weighted by Crippen LogP contribution is 2.30. The average molecular weight is 579 g/mol. The van der Waals surface area contributed by atoms with Crippen LogP contribution in [0.4, 0.5) is 5.69 Å².